The van der Waals surface area contributed by atoms with Crippen molar-refractivity contribution in [3.05, 3.63) is 41.0 Å². The van der Waals surface area contributed by atoms with Gasteiger partial charge in [0.15, 0.2) is 0 Å². The highest BCUT2D eigenvalue weighted by Crippen LogP contribution is 2.27. The van der Waals surface area contributed by atoms with Crippen LogP contribution in [-0.2, 0) is 20.9 Å². The normalized spacial score (nSPS) is 19.1. The lowest BCUT2D eigenvalue weighted by Crippen LogP contribution is -2.55. The number of aryl methyl sites for hydroxylation is 1. The maximum Gasteiger partial charge on any atom is 0.246 e. The third-order valence-corrected chi connectivity index (χ3v) is 6.56. The molecule has 2 heterocycles. The number of aliphatic hydroxyl groups is 1. The molecular weight excluding hydrogens is 428 g/mol. The zero-order valence-corrected chi connectivity index (χ0v) is 19.6. The minimum absolute atomic E-state index is 0.0720. The molecule has 0 saturated carbocycles. The van der Waals surface area contributed by atoms with E-state index in [4.69, 9.17) is 0 Å². The van der Waals surface area contributed by atoms with Crippen LogP contribution >= 0.6 is 11.3 Å². The molecule has 3 rings (SSSR count). The summed E-state index contributed by atoms with van der Waals surface area (Å²) in [4.78, 5) is 44.2. The minimum atomic E-state index is -0.776. The molecule has 1 unspecified atom stereocenters. The van der Waals surface area contributed by atoms with E-state index in [1.54, 1.807) is 11.3 Å². The Kier molecular flexibility index (Phi) is 7.63. The average molecular weight is 459 g/mol. The number of likely N-dealkylation sites (tertiary alicyclic amines) is 1. The number of amides is 3. The fraction of sp³-hybridized carbons (Fsp3) is 0.478. The van der Waals surface area contributed by atoms with Crippen LogP contribution in [0.5, 0.6) is 0 Å². The lowest BCUT2D eigenvalue weighted by Gasteiger charge is -2.30. The fourth-order valence-corrected chi connectivity index (χ4v) is 4.69. The summed E-state index contributed by atoms with van der Waals surface area (Å²) in [5.41, 5.74) is 4.81. The summed E-state index contributed by atoms with van der Waals surface area (Å²) in [5, 5.41) is 15.7. The second kappa shape index (κ2) is 10.2. The van der Waals surface area contributed by atoms with Crippen LogP contribution in [0.3, 0.4) is 0 Å². The van der Waals surface area contributed by atoms with Crippen molar-refractivity contribution in [1.29, 1.82) is 0 Å². The first-order valence-electron chi connectivity index (χ1n) is 10.7. The Morgan fingerprint density at radius 2 is 1.94 bits per heavy atom. The zero-order chi connectivity index (χ0) is 23.4. The highest BCUT2D eigenvalue weighted by Gasteiger charge is 2.41. The van der Waals surface area contributed by atoms with E-state index in [-0.39, 0.29) is 36.6 Å². The van der Waals surface area contributed by atoms with Crippen LogP contribution in [0, 0.1) is 12.8 Å². The molecule has 0 spiro atoms. The molecule has 1 aliphatic rings. The molecule has 1 aromatic heterocycles. The van der Waals surface area contributed by atoms with Crippen molar-refractivity contribution in [3.8, 4) is 10.4 Å². The van der Waals surface area contributed by atoms with E-state index >= 15 is 0 Å². The van der Waals surface area contributed by atoms with Gasteiger partial charge in [-0.1, -0.05) is 38.1 Å². The maximum absolute atomic E-state index is 13.1. The van der Waals surface area contributed by atoms with E-state index in [9.17, 15) is 19.5 Å². The summed E-state index contributed by atoms with van der Waals surface area (Å²) in [7, 11) is 0. The van der Waals surface area contributed by atoms with Gasteiger partial charge in [0.1, 0.15) is 12.1 Å². The van der Waals surface area contributed by atoms with Crippen LogP contribution < -0.4 is 10.6 Å². The Labute approximate surface area is 192 Å². The van der Waals surface area contributed by atoms with E-state index in [1.807, 2.05) is 50.5 Å². The van der Waals surface area contributed by atoms with Gasteiger partial charge in [-0.25, -0.2) is 4.98 Å². The summed E-state index contributed by atoms with van der Waals surface area (Å²) >= 11 is 1.59. The van der Waals surface area contributed by atoms with Crippen LogP contribution in [-0.4, -0.2) is 57.4 Å². The molecular formula is C23H30N4O4S. The number of nitrogens with one attached hydrogen (secondary N) is 2. The first-order valence-corrected chi connectivity index (χ1v) is 11.6. The van der Waals surface area contributed by atoms with Gasteiger partial charge in [0.05, 0.1) is 22.2 Å². The van der Waals surface area contributed by atoms with Crippen molar-refractivity contribution < 1.29 is 19.5 Å². The molecule has 3 amide bonds. The van der Waals surface area contributed by atoms with Gasteiger partial charge in [0, 0.05) is 26.4 Å². The number of rotatable bonds is 7. The largest absolute Gasteiger partial charge is 0.391 e. The predicted molar refractivity (Wildman–Crippen MR) is 123 cm³/mol. The van der Waals surface area contributed by atoms with Gasteiger partial charge in [-0.15, -0.1) is 11.3 Å². The van der Waals surface area contributed by atoms with Crippen molar-refractivity contribution in [1.82, 2.24) is 20.5 Å². The summed E-state index contributed by atoms with van der Waals surface area (Å²) < 4.78 is 0. The van der Waals surface area contributed by atoms with Crippen LogP contribution in [0.1, 0.15) is 38.4 Å². The van der Waals surface area contributed by atoms with E-state index in [0.29, 0.717) is 6.54 Å². The van der Waals surface area contributed by atoms with Crippen molar-refractivity contribution in [3.63, 3.8) is 0 Å². The first-order chi connectivity index (χ1) is 15.2. The van der Waals surface area contributed by atoms with Crippen LogP contribution in [0.2, 0.25) is 0 Å². The molecule has 8 nitrogen and oxygen atoms in total. The summed E-state index contributed by atoms with van der Waals surface area (Å²) in [5.74, 6) is -1.12. The Balaban J connectivity index is 1.64. The molecule has 1 aromatic carbocycles. The lowest BCUT2D eigenvalue weighted by molar-refractivity contribution is -0.142. The molecule has 3 atom stereocenters. The number of carbonyl (C=O) groups is 3. The third kappa shape index (κ3) is 5.52. The van der Waals surface area contributed by atoms with Crippen molar-refractivity contribution in [2.45, 2.75) is 58.8 Å². The van der Waals surface area contributed by atoms with Gasteiger partial charge in [-0.3, -0.25) is 14.4 Å². The number of carbonyl (C=O) groups excluding carboxylic acids is 3. The molecule has 3 N–H and O–H groups in total. The summed E-state index contributed by atoms with van der Waals surface area (Å²) in [6, 6.07) is 6.39. The van der Waals surface area contributed by atoms with Crippen molar-refractivity contribution >= 4 is 29.1 Å². The monoisotopic (exact) mass is 458 g/mol. The zero-order valence-electron chi connectivity index (χ0n) is 18.8. The van der Waals surface area contributed by atoms with Crippen molar-refractivity contribution in [2.24, 2.45) is 5.92 Å². The third-order valence-electron chi connectivity index (χ3n) is 5.58. The number of hydrogen-bond acceptors (Lipinski definition) is 6. The van der Waals surface area contributed by atoms with E-state index in [0.717, 1.165) is 21.7 Å². The Bertz CT molecular complexity index is 973. The lowest BCUT2D eigenvalue weighted by atomic mass is 10.0. The summed E-state index contributed by atoms with van der Waals surface area (Å²) in [6.45, 7) is 7.37. The molecule has 0 bridgehead atoms. The predicted octanol–water partition coefficient (Wildman–Crippen LogP) is 1.86. The number of aliphatic hydroxyl groups excluding tert-OH is 1. The number of benzene rings is 1. The minimum Gasteiger partial charge on any atom is -0.391 e. The van der Waals surface area contributed by atoms with E-state index in [1.165, 1.54) is 11.8 Å². The second-order valence-corrected chi connectivity index (χ2v) is 9.35. The van der Waals surface area contributed by atoms with Crippen LogP contribution in [0.4, 0.5) is 0 Å². The quantitative estimate of drug-likeness (QED) is 0.586. The van der Waals surface area contributed by atoms with Gasteiger partial charge in [-0.05, 0) is 24.0 Å². The van der Waals surface area contributed by atoms with Crippen LogP contribution in [0.15, 0.2) is 29.8 Å². The molecule has 2 aromatic rings. The molecule has 9 heteroatoms. The van der Waals surface area contributed by atoms with E-state index in [2.05, 4.69) is 15.6 Å². The molecule has 172 valence electrons. The number of aromatic nitrogens is 1. The molecule has 0 radical (unpaired) electrons. The summed E-state index contributed by atoms with van der Waals surface area (Å²) in [6.07, 6.45) is -0.603. The Hall–Kier alpha value is -2.78. The molecule has 1 aliphatic heterocycles. The number of β-amino-alcohol motifs (C(OH)–C–C–N with tert-alkyl or cyclic N) is 1. The average Bonchev–Trinajstić information content (AvgIpc) is 3.35. The number of nitrogens with zero attached hydrogens (tertiary/aromatic N) is 2. The van der Waals surface area contributed by atoms with Gasteiger partial charge < -0.3 is 20.6 Å². The number of hydrogen-bond donors (Lipinski definition) is 3. The Morgan fingerprint density at radius 1 is 1.25 bits per heavy atom. The smallest absolute Gasteiger partial charge is 0.246 e. The molecule has 1 fully saturated rings. The van der Waals surface area contributed by atoms with Gasteiger partial charge in [0.2, 0.25) is 17.7 Å². The Morgan fingerprint density at radius 3 is 2.50 bits per heavy atom. The van der Waals surface area contributed by atoms with Gasteiger partial charge in [0.25, 0.3) is 0 Å². The molecule has 1 saturated heterocycles. The van der Waals surface area contributed by atoms with Gasteiger partial charge >= 0.3 is 0 Å². The van der Waals surface area contributed by atoms with E-state index < -0.39 is 18.2 Å². The maximum atomic E-state index is 13.1. The highest BCUT2D eigenvalue weighted by atomic mass is 32.1. The standard InChI is InChI=1S/C23H30N4O4S/c1-13(2)20(26-15(4)28)23(31)27-11-18(29)9-19(27)22(30)24-10-16-5-7-17(8-6-16)21-14(3)25-12-32-21/h5-8,12-13,18-20,29H,9-11H2,1-4H3,(H,24,30)(H,26,28)/t18-,19+,20?/m1/s1. The highest BCUT2D eigenvalue weighted by molar-refractivity contribution is 7.13. The first kappa shape index (κ1) is 23.9. The van der Waals surface area contributed by atoms with Gasteiger partial charge in [-0.2, -0.15) is 0 Å². The molecule has 0 aliphatic carbocycles. The second-order valence-electron chi connectivity index (χ2n) is 8.50. The van der Waals surface area contributed by atoms with Crippen LogP contribution in [0.25, 0.3) is 10.4 Å². The topological polar surface area (TPSA) is 112 Å². The molecule has 32 heavy (non-hydrogen) atoms. The fourth-order valence-electron chi connectivity index (χ4n) is 3.88. The number of thiazole rings is 1. The SMILES string of the molecule is CC(=O)NC(C(=O)N1C[C@H](O)C[C@H]1C(=O)NCc1ccc(-c2scnc2C)cc1)C(C)C. The van der Waals surface area contributed by atoms with Crippen molar-refractivity contribution in [2.75, 3.05) is 6.54 Å².